The largest absolute Gasteiger partial charge is 0.377 e. The number of halogens is 2. The van der Waals surface area contributed by atoms with Crippen molar-refractivity contribution in [1.82, 2.24) is 0 Å². The highest BCUT2D eigenvalue weighted by Crippen LogP contribution is 2.35. The summed E-state index contributed by atoms with van der Waals surface area (Å²) in [6.45, 7) is 0. The molecule has 0 radical (unpaired) electrons. The minimum absolute atomic E-state index is 0.160. The number of hydrogen-bond donors (Lipinski definition) is 1. The van der Waals surface area contributed by atoms with E-state index in [1.54, 1.807) is 6.07 Å². The van der Waals surface area contributed by atoms with Crippen LogP contribution in [0.4, 0.5) is 10.1 Å². The molecule has 2 aromatic rings. The summed E-state index contributed by atoms with van der Waals surface area (Å²) in [7, 11) is 0. The molecule has 3 rings (SSSR count). The first kappa shape index (κ1) is 11.5. The van der Waals surface area contributed by atoms with Crippen molar-refractivity contribution >= 4 is 17.3 Å². The highest BCUT2D eigenvalue weighted by Gasteiger charge is 2.22. The molecule has 0 bridgehead atoms. The second-order valence-electron chi connectivity index (χ2n) is 4.56. The molecule has 0 aromatic heterocycles. The Balaban J connectivity index is 1.87. The number of fused-ring (bicyclic) bond motifs is 1. The fourth-order valence-electron chi connectivity index (χ4n) is 2.50. The molecule has 3 heteroatoms. The summed E-state index contributed by atoms with van der Waals surface area (Å²) in [5, 5.41) is 4.15. The average molecular weight is 262 g/mol. The quantitative estimate of drug-likeness (QED) is 0.834. The Hall–Kier alpha value is -1.54. The van der Waals surface area contributed by atoms with Gasteiger partial charge in [0, 0.05) is 0 Å². The Labute approximate surface area is 111 Å². The van der Waals surface area contributed by atoms with E-state index in [0.717, 1.165) is 24.1 Å². The highest BCUT2D eigenvalue weighted by atomic mass is 35.5. The fourth-order valence-corrected chi connectivity index (χ4v) is 2.69. The lowest BCUT2D eigenvalue weighted by atomic mass is 10.1. The minimum Gasteiger partial charge on any atom is -0.377 e. The molecular formula is C15H13ClFN. The molecule has 1 nitrogen and oxygen atoms in total. The van der Waals surface area contributed by atoms with Crippen LogP contribution in [0.2, 0.25) is 5.02 Å². The van der Waals surface area contributed by atoms with Crippen LogP contribution >= 0.6 is 11.6 Å². The summed E-state index contributed by atoms with van der Waals surface area (Å²) in [4.78, 5) is 0. The van der Waals surface area contributed by atoms with E-state index >= 15 is 0 Å². The molecule has 0 saturated carbocycles. The van der Waals surface area contributed by atoms with Crippen LogP contribution in [0.5, 0.6) is 0 Å². The fraction of sp³-hybridized carbons (Fsp3) is 0.200. The van der Waals surface area contributed by atoms with Gasteiger partial charge in [0.1, 0.15) is 5.82 Å². The van der Waals surface area contributed by atoms with Crippen molar-refractivity contribution in [3.05, 3.63) is 64.4 Å². The first-order valence-electron chi connectivity index (χ1n) is 6.03. The predicted molar refractivity (Wildman–Crippen MR) is 72.5 cm³/mol. The Bertz CT molecular complexity index is 582. The minimum atomic E-state index is -0.160. The summed E-state index contributed by atoms with van der Waals surface area (Å²) >= 11 is 6.13. The normalized spacial score (nSPS) is 17.6. The molecule has 0 amide bonds. The molecule has 1 atom stereocenters. The van der Waals surface area contributed by atoms with E-state index < -0.39 is 0 Å². The summed E-state index contributed by atoms with van der Waals surface area (Å²) in [5.41, 5.74) is 3.21. The van der Waals surface area contributed by atoms with Gasteiger partial charge >= 0.3 is 0 Å². The van der Waals surface area contributed by atoms with Crippen molar-refractivity contribution in [2.75, 3.05) is 5.32 Å². The van der Waals surface area contributed by atoms with Gasteiger partial charge in [-0.25, -0.2) is 4.39 Å². The highest BCUT2D eigenvalue weighted by molar-refractivity contribution is 6.33. The zero-order chi connectivity index (χ0) is 12.5. The smallest absolute Gasteiger partial charge is 0.123 e. The van der Waals surface area contributed by atoms with Gasteiger partial charge in [0.15, 0.2) is 0 Å². The number of aryl methyl sites for hydroxylation is 1. The van der Waals surface area contributed by atoms with E-state index in [9.17, 15) is 4.39 Å². The van der Waals surface area contributed by atoms with Gasteiger partial charge in [0.25, 0.3) is 0 Å². The van der Waals surface area contributed by atoms with Gasteiger partial charge in [-0.1, -0.05) is 29.8 Å². The average Bonchev–Trinajstić information content (AvgIpc) is 2.74. The molecule has 0 saturated heterocycles. The monoisotopic (exact) mass is 261 g/mol. The SMILES string of the molecule is Fc1ccc2c(c1)CCC2Nc1ccccc1Cl. The van der Waals surface area contributed by atoms with Crippen molar-refractivity contribution in [2.45, 2.75) is 18.9 Å². The molecule has 0 aliphatic heterocycles. The van der Waals surface area contributed by atoms with Gasteiger partial charge < -0.3 is 5.32 Å². The third-order valence-electron chi connectivity index (χ3n) is 3.39. The maximum absolute atomic E-state index is 13.1. The number of nitrogens with one attached hydrogen (secondary N) is 1. The van der Waals surface area contributed by atoms with Gasteiger partial charge in [0.05, 0.1) is 16.8 Å². The van der Waals surface area contributed by atoms with Gasteiger partial charge in [-0.3, -0.25) is 0 Å². The van der Waals surface area contributed by atoms with E-state index in [-0.39, 0.29) is 11.9 Å². The van der Waals surface area contributed by atoms with Crippen molar-refractivity contribution in [1.29, 1.82) is 0 Å². The molecule has 1 unspecified atom stereocenters. The maximum atomic E-state index is 13.1. The van der Waals surface area contributed by atoms with Crippen molar-refractivity contribution < 1.29 is 4.39 Å². The molecule has 1 aliphatic carbocycles. The van der Waals surface area contributed by atoms with Crippen LogP contribution in [0.3, 0.4) is 0 Å². The molecule has 0 spiro atoms. The maximum Gasteiger partial charge on any atom is 0.123 e. The van der Waals surface area contributed by atoms with Crippen LogP contribution in [0.15, 0.2) is 42.5 Å². The van der Waals surface area contributed by atoms with Crippen LogP contribution in [0.25, 0.3) is 0 Å². The molecule has 1 aliphatic rings. The third-order valence-corrected chi connectivity index (χ3v) is 3.72. The lowest BCUT2D eigenvalue weighted by Gasteiger charge is -2.16. The lowest BCUT2D eigenvalue weighted by molar-refractivity contribution is 0.626. The number of rotatable bonds is 2. The lowest BCUT2D eigenvalue weighted by Crippen LogP contribution is -2.07. The number of anilines is 1. The molecule has 0 heterocycles. The summed E-state index contributed by atoms with van der Waals surface area (Å²) < 4.78 is 13.1. The third kappa shape index (κ3) is 2.08. The molecule has 2 aromatic carbocycles. The Morgan fingerprint density at radius 1 is 1.17 bits per heavy atom. The molecule has 1 N–H and O–H groups in total. The van der Waals surface area contributed by atoms with E-state index in [4.69, 9.17) is 11.6 Å². The Kier molecular flexibility index (Phi) is 2.96. The van der Waals surface area contributed by atoms with Gasteiger partial charge in [0.2, 0.25) is 0 Å². The van der Waals surface area contributed by atoms with E-state index in [1.165, 1.54) is 11.6 Å². The van der Waals surface area contributed by atoms with Crippen LogP contribution in [0, 0.1) is 5.82 Å². The number of hydrogen-bond acceptors (Lipinski definition) is 1. The van der Waals surface area contributed by atoms with E-state index in [0.29, 0.717) is 5.02 Å². The zero-order valence-electron chi connectivity index (χ0n) is 9.79. The first-order valence-corrected chi connectivity index (χ1v) is 6.41. The van der Waals surface area contributed by atoms with Crippen LogP contribution in [-0.2, 0) is 6.42 Å². The molecule has 18 heavy (non-hydrogen) atoms. The Morgan fingerprint density at radius 2 is 2.00 bits per heavy atom. The summed E-state index contributed by atoms with van der Waals surface area (Å²) in [6.07, 6.45) is 1.89. The summed E-state index contributed by atoms with van der Waals surface area (Å²) in [5.74, 6) is -0.160. The number of para-hydroxylation sites is 1. The van der Waals surface area contributed by atoms with Crippen LogP contribution in [0.1, 0.15) is 23.6 Å². The summed E-state index contributed by atoms with van der Waals surface area (Å²) in [6, 6.07) is 12.9. The van der Waals surface area contributed by atoms with Gasteiger partial charge in [-0.15, -0.1) is 0 Å². The number of benzene rings is 2. The van der Waals surface area contributed by atoms with Crippen molar-refractivity contribution in [2.24, 2.45) is 0 Å². The van der Waals surface area contributed by atoms with Crippen LogP contribution < -0.4 is 5.32 Å². The molecule has 92 valence electrons. The standard InChI is InChI=1S/C15H13ClFN/c16-13-3-1-2-4-15(13)18-14-8-5-10-9-11(17)6-7-12(10)14/h1-4,6-7,9,14,18H,5,8H2. The van der Waals surface area contributed by atoms with E-state index in [2.05, 4.69) is 5.32 Å². The van der Waals surface area contributed by atoms with Gasteiger partial charge in [-0.2, -0.15) is 0 Å². The van der Waals surface area contributed by atoms with E-state index in [1.807, 2.05) is 30.3 Å². The molecule has 0 fully saturated rings. The van der Waals surface area contributed by atoms with Gasteiger partial charge in [-0.05, 0) is 48.2 Å². The topological polar surface area (TPSA) is 12.0 Å². The Morgan fingerprint density at radius 3 is 2.83 bits per heavy atom. The first-order chi connectivity index (χ1) is 8.74. The zero-order valence-corrected chi connectivity index (χ0v) is 10.5. The van der Waals surface area contributed by atoms with Crippen LogP contribution in [-0.4, -0.2) is 0 Å². The molecular weight excluding hydrogens is 249 g/mol. The predicted octanol–water partition coefficient (Wildman–Crippen LogP) is 4.58. The van der Waals surface area contributed by atoms with Crippen molar-refractivity contribution in [3.8, 4) is 0 Å². The second kappa shape index (κ2) is 4.62. The second-order valence-corrected chi connectivity index (χ2v) is 4.97. The van der Waals surface area contributed by atoms with Crippen molar-refractivity contribution in [3.63, 3.8) is 0 Å².